The maximum absolute atomic E-state index is 12.2. The van der Waals surface area contributed by atoms with Gasteiger partial charge < -0.3 is 10.6 Å². The lowest BCUT2D eigenvalue weighted by atomic mass is 10.1. The molecule has 1 heterocycles. The van der Waals surface area contributed by atoms with Gasteiger partial charge in [-0.2, -0.15) is 0 Å². The third kappa shape index (κ3) is 3.75. The van der Waals surface area contributed by atoms with Gasteiger partial charge in [0, 0.05) is 34.7 Å². The fourth-order valence-corrected chi connectivity index (χ4v) is 2.58. The van der Waals surface area contributed by atoms with Crippen LogP contribution in [0, 0.1) is 0 Å². The van der Waals surface area contributed by atoms with E-state index in [1.807, 2.05) is 0 Å². The molecule has 100 valence electrons. The number of carbonyl (C=O) groups excluding carboxylic acids is 1. The van der Waals surface area contributed by atoms with Crippen LogP contribution in [0.15, 0.2) is 18.2 Å². The highest BCUT2D eigenvalue weighted by Gasteiger charge is 2.22. The molecule has 0 aromatic heterocycles. The van der Waals surface area contributed by atoms with Gasteiger partial charge in [-0.3, -0.25) is 4.79 Å². The molecule has 1 saturated heterocycles. The Bertz CT molecular complexity index is 419. The van der Waals surface area contributed by atoms with Crippen molar-refractivity contribution in [2.24, 2.45) is 5.73 Å². The van der Waals surface area contributed by atoms with Crippen LogP contribution in [0.25, 0.3) is 0 Å². The van der Waals surface area contributed by atoms with Crippen molar-refractivity contribution in [2.75, 3.05) is 13.1 Å². The van der Waals surface area contributed by atoms with Gasteiger partial charge in [-0.15, -0.1) is 12.4 Å². The fraction of sp³-hybridized carbons (Fsp3) is 0.417. The van der Waals surface area contributed by atoms with Crippen molar-refractivity contribution in [1.82, 2.24) is 4.90 Å². The van der Waals surface area contributed by atoms with Crippen molar-refractivity contribution in [3.8, 4) is 0 Å². The number of nitrogens with zero attached hydrogens (tertiary/aromatic N) is 1. The van der Waals surface area contributed by atoms with Crippen LogP contribution in [0.4, 0.5) is 0 Å². The summed E-state index contributed by atoms with van der Waals surface area (Å²) in [6.07, 6.45) is 1.92. The zero-order chi connectivity index (χ0) is 12.4. The molecular weight excluding hydrogens is 295 g/mol. The number of hydrogen-bond acceptors (Lipinski definition) is 2. The van der Waals surface area contributed by atoms with Gasteiger partial charge in [-0.05, 0) is 31.0 Å². The lowest BCUT2D eigenvalue weighted by Crippen LogP contribution is -2.45. The molecule has 1 fully saturated rings. The molecule has 0 spiro atoms. The highest BCUT2D eigenvalue weighted by molar-refractivity contribution is 6.35. The van der Waals surface area contributed by atoms with Crippen LogP contribution in [0.3, 0.4) is 0 Å². The standard InChI is InChI=1S/C12H14Cl2N2O.ClH/c13-9-4-8(5-10(14)6-9)12(17)16-3-1-2-11(15)7-16;/h4-6,11H,1-3,7,15H2;1H. The second-order valence-electron chi connectivity index (χ2n) is 4.31. The van der Waals surface area contributed by atoms with Gasteiger partial charge >= 0.3 is 0 Å². The smallest absolute Gasteiger partial charge is 0.254 e. The number of halogens is 3. The fourth-order valence-electron chi connectivity index (χ4n) is 2.05. The first-order valence-corrected chi connectivity index (χ1v) is 6.33. The summed E-state index contributed by atoms with van der Waals surface area (Å²) in [6, 6.07) is 4.95. The lowest BCUT2D eigenvalue weighted by Gasteiger charge is -2.30. The van der Waals surface area contributed by atoms with Crippen LogP contribution in [0.1, 0.15) is 23.2 Å². The number of carbonyl (C=O) groups is 1. The van der Waals surface area contributed by atoms with E-state index in [2.05, 4.69) is 0 Å². The minimum Gasteiger partial charge on any atom is -0.337 e. The summed E-state index contributed by atoms with van der Waals surface area (Å²) in [4.78, 5) is 14.0. The molecular formula is C12H15Cl3N2O. The summed E-state index contributed by atoms with van der Waals surface area (Å²) in [5.41, 5.74) is 6.38. The van der Waals surface area contributed by atoms with E-state index in [4.69, 9.17) is 28.9 Å². The van der Waals surface area contributed by atoms with E-state index in [0.717, 1.165) is 19.4 Å². The summed E-state index contributed by atoms with van der Waals surface area (Å²) in [5.74, 6) is -0.0513. The van der Waals surface area contributed by atoms with E-state index in [1.54, 1.807) is 23.1 Å². The number of nitrogens with two attached hydrogens (primary N) is 1. The first kappa shape index (κ1) is 15.6. The van der Waals surface area contributed by atoms with Crippen LogP contribution in [-0.4, -0.2) is 29.9 Å². The Morgan fingerprint density at radius 2 is 1.89 bits per heavy atom. The van der Waals surface area contributed by atoms with Gasteiger partial charge in [0.1, 0.15) is 0 Å². The van der Waals surface area contributed by atoms with Crippen molar-refractivity contribution in [2.45, 2.75) is 18.9 Å². The molecule has 2 rings (SSSR count). The molecule has 1 amide bonds. The van der Waals surface area contributed by atoms with Crippen molar-refractivity contribution in [1.29, 1.82) is 0 Å². The molecule has 2 N–H and O–H groups in total. The quantitative estimate of drug-likeness (QED) is 0.867. The predicted molar refractivity (Wildman–Crippen MR) is 76.8 cm³/mol. The third-order valence-corrected chi connectivity index (χ3v) is 3.29. The Balaban J connectivity index is 0.00000162. The SMILES string of the molecule is Cl.NC1CCCN(C(=O)c2cc(Cl)cc(Cl)c2)C1. The Labute approximate surface area is 123 Å². The van der Waals surface area contributed by atoms with Crippen LogP contribution in [0.5, 0.6) is 0 Å². The molecule has 1 aliphatic rings. The van der Waals surface area contributed by atoms with Crippen molar-refractivity contribution >= 4 is 41.5 Å². The highest BCUT2D eigenvalue weighted by atomic mass is 35.5. The molecule has 0 radical (unpaired) electrons. The second-order valence-corrected chi connectivity index (χ2v) is 5.18. The summed E-state index contributed by atoms with van der Waals surface area (Å²) >= 11 is 11.8. The maximum Gasteiger partial charge on any atom is 0.254 e. The van der Waals surface area contributed by atoms with Gasteiger partial charge in [0.05, 0.1) is 0 Å². The van der Waals surface area contributed by atoms with Crippen LogP contribution < -0.4 is 5.73 Å². The van der Waals surface area contributed by atoms with Gasteiger partial charge in [0.25, 0.3) is 5.91 Å². The van der Waals surface area contributed by atoms with E-state index >= 15 is 0 Å². The normalized spacial score (nSPS) is 19.3. The zero-order valence-corrected chi connectivity index (χ0v) is 12.1. The second kappa shape index (κ2) is 6.62. The molecule has 1 aromatic carbocycles. The van der Waals surface area contributed by atoms with Gasteiger partial charge in [0.15, 0.2) is 0 Å². The van der Waals surface area contributed by atoms with E-state index in [-0.39, 0.29) is 24.4 Å². The zero-order valence-electron chi connectivity index (χ0n) is 9.73. The molecule has 1 aliphatic heterocycles. The van der Waals surface area contributed by atoms with E-state index < -0.39 is 0 Å². The lowest BCUT2D eigenvalue weighted by molar-refractivity contribution is 0.0709. The molecule has 3 nitrogen and oxygen atoms in total. The first-order chi connectivity index (χ1) is 8.06. The van der Waals surface area contributed by atoms with Crippen LogP contribution >= 0.6 is 35.6 Å². The number of hydrogen-bond donors (Lipinski definition) is 1. The number of amides is 1. The Morgan fingerprint density at radius 1 is 1.28 bits per heavy atom. The number of benzene rings is 1. The topological polar surface area (TPSA) is 46.3 Å². The average molecular weight is 310 g/mol. The molecule has 1 unspecified atom stereocenters. The summed E-state index contributed by atoms with van der Waals surface area (Å²) in [6.45, 7) is 1.35. The van der Waals surface area contributed by atoms with Crippen LogP contribution in [-0.2, 0) is 0 Å². The average Bonchev–Trinajstić information content (AvgIpc) is 2.26. The Hall–Kier alpha value is -0.480. The van der Waals surface area contributed by atoms with E-state index in [0.29, 0.717) is 22.2 Å². The number of rotatable bonds is 1. The first-order valence-electron chi connectivity index (χ1n) is 5.57. The molecule has 6 heteroatoms. The van der Waals surface area contributed by atoms with Crippen molar-refractivity contribution in [3.63, 3.8) is 0 Å². The minimum absolute atomic E-state index is 0. The van der Waals surface area contributed by atoms with Crippen molar-refractivity contribution in [3.05, 3.63) is 33.8 Å². The van der Waals surface area contributed by atoms with Crippen LogP contribution in [0.2, 0.25) is 10.0 Å². The predicted octanol–water partition coefficient (Wildman–Crippen LogP) is 2.98. The minimum atomic E-state index is -0.0513. The van der Waals surface area contributed by atoms with E-state index in [9.17, 15) is 4.79 Å². The van der Waals surface area contributed by atoms with E-state index in [1.165, 1.54) is 0 Å². The molecule has 0 saturated carbocycles. The molecule has 1 aromatic rings. The van der Waals surface area contributed by atoms with Crippen molar-refractivity contribution < 1.29 is 4.79 Å². The number of likely N-dealkylation sites (tertiary alicyclic amines) is 1. The monoisotopic (exact) mass is 308 g/mol. The molecule has 18 heavy (non-hydrogen) atoms. The molecule has 0 bridgehead atoms. The van der Waals surface area contributed by atoms with Gasteiger partial charge in [-0.25, -0.2) is 0 Å². The van der Waals surface area contributed by atoms with Gasteiger partial charge in [-0.1, -0.05) is 23.2 Å². The molecule has 1 atom stereocenters. The number of piperidine rings is 1. The summed E-state index contributed by atoms with van der Waals surface area (Å²) in [5, 5.41) is 0.948. The molecule has 0 aliphatic carbocycles. The Morgan fingerprint density at radius 3 is 2.44 bits per heavy atom. The summed E-state index contributed by atoms with van der Waals surface area (Å²) < 4.78 is 0. The third-order valence-electron chi connectivity index (χ3n) is 2.85. The highest BCUT2D eigenvalue weighted by Crippen LogP contribution is 2.21. The largest absolute Gasteiger partial charge is 0.337 e. The van der Waals surface area contributed by atoms with Gasteiger partial charge in [0.2, 0.25) is 0 Å². The maximum atomic E-state index is 12.2. The Kier molecular flexibility index (Phi) is 5.73. The summed E-state index contributed by atoms with van der Waals surface area (Å²) in [7, 11) is 0.